The molecule has 0 aliphatic heterocycles. The van der Waals surface area contributed by atoms with E-state index in [-0.39, 0.29) is 0 Å². The van der Waals surface area contributed by atoms with E-state index in [0.29, 0.717) is 5.15 Å². The average molecular weight is 249 g/mol. The maximum Gasteiger partial charge on any atom is 0.132 e. The van der Waals surface area contributed by atoms with Crippen LogP contribution in [0.1, 0.15) is 5.56 Å². The minimum absolute atomic E-state index is 0.487. The summed E-state index contributed by atoms with van der Waals surface area (Å²) in [5.41, 5.74) is 2.01. The number of aromatic nitrogens is 1. The molecule has 0 amide bonds. The van der Waals surface area contributed by atoms with Gasteiger partial charge >= 0.3 is 0 Å². The standard InChI is InChI=1S/C13H13ClN2O/c1-9-7-12(14)16-13(8-9)15-10-3-5-11(17-2)6-4-10/h3-8H,1-2H3,(H,15,16). The van der Waals surface area contributed by atoms with Gasteiger partial charge in [-0.25, -0.2) is 4.98 Å². The number of aryl methyl sites for hydroxylation is 1. The van der Waals surface area contributed by atoms with Crippen molar-refractivity contribution >= 4 is 23.1 Å². The monoisotopic (exact) mass is 248 g/mol. The molecule has 2 rings (SSSR count). The highest BCUT2D eigenvalue weighted by Gasteiger charge is 1.99. The summed E-state index contributed by atoms with van der Waals surface area (Å²) in [6.45, 7) is 1.98. The normalized spacial score (nSPS) is 10.1. The van der Waals surface area contributed by atoms with Gasteiger partial charge in [-0.05, 0) is 48.9 Å². The first-order valence-corrected chi connectivity index (χ1v) is 5.60. The first-order chi connectivity index (χ1) is 8.17. The quantitative estimate of drug-likeness (QED) is 0.839. The summed E-state index contributed by atoms with van der Waals surface area (Å²) in [5, 5.41) is 3.67. The fourth-order valence-electron chi connectivity index (χ4n) is 1.51. The second-order valence-corrected chi connectivity index (χ2v) is 4.09. The number of rotatable bonds is 3. The minimum Gasteiger partial charge on any atom is -0.497 e. The van der Waals surface area contributed by atoms with E-state index in [0.717, 1.165) is 22.8 Å². The zero-order valence-electron chi connectivity index (χ0n) is 9.70. The first-order valence-electron chi connectivity index (χ1n) is 5.22. The zero-order chi connectivity index (χ0) is 12.3. The number of nitrogens with one attached hydrogen (secondary N) is 1. The summed E-state index contributed by atoms with van der Waals surface area (Å²) >= 11 is 5.89. The summed E-state index contributed by atoms with van der Waals surface area (Å²) in [6, 6.07) is 11.4. The number of nitrogens with zero attached hydrogens (tertiary/aromatic N) is 1. The lowest BCUT2D eigenvalue weighted by Gasteiger charge is -2.07. The van der Waals surface area contributed by atoms with E-state index in [1.165, 1.54) is 0 Å². The maximum atomic E-state index is 5.89. The average Bonchev–Trinajstić information content (AvgIpc) is 2.28. The van der Waals surface area contributed by atoms with Gasteiger partial charge in [0, 0.05) is 5.69 Å². The third-order valence-corrected chi connectivity index (χ3v) is 2.49. The molecule has 0 aliphatic carbocycles. The van der Waals surface area contributed by atoms with E-state index in [1.54, 1.807) is 7.11 Å². The molecule has 1 heterocycles. The fraction of sp³-hybridized carbons (Fsp3) is 0.154. The van der Waals surface area contributed by atoms with Gasteiger partial charge in [0.15, 0.2) is 0 Å². The van der Waals surface area contributed by atoms with Crippen LogP contribution in [0.4, 0.5) is 11.5 Å². The van der Waals surface area contributed by atoms with Crippen LogP contribution in [0.2, 0.25) is 5.15 Å². The molecule has 1 aromatic heterocycles. The maximum absolute atomic E-state index is 5.89. The van der Waals surface area contributed by atoms with Crippen molar-refractivity contribution in [2.45, 2.75) is 6.92 Å². The van der Waals surface area contributed by atoms with Crippen LogP contribution in [0.5, 0.6) is 5.75 Å². The highest BCUT2D eigenvalue weighted by molar-refractivity contribution is 6.29. The Kier molecular flexibility index (Phi) is 3.49. The summed E-state index contributed by atoms with van der Waals surface area (Å²) in [5.74, 6) is 1.56. The van der Waals surface area contributed by atoms with Crippen molar-refractivity contribution in [3.8, 4) is 5.75 Å². The van der Waals surface area contributed by atoms with Crippen LogP contribution in [0.25, 0.3) is 0 Å². The van der Waals surface area contributed by atoms with Crippen molar-refractivity contribution in [1.29, 1.82) is 0 Å². The lowest BCUT2D eigenvalue weighted by atomic mass is 10.2. The predicted molar refractivity (Wildman–Crippen MR) is 70.3 cm³/mol. The van der Waals surface area contributed by atoms with E-state index in [1.807, 2.05) is 43.3 Å². The Labute approximate surface area is 105 Å². The zero-order valence-corrected chi connectivity index (χ0v) is 10.5. The third-order valence-electron chi connectivity index (χ3n) is 2.30. The second kappa shape index (κ2) is 5.06. The molecule has 0 aliphatic rings. The lowest BCUT2D eigenvalue weighted by molar-refractivity contribution is 0.415. The van der Waals surface area contributed by atoms with Crippen molar-refractivity contribution in [3.05, 3.63) is 47.1 Å². The van der Waals surface area contributed by atoms with Gasteiger partial charge in [-0.1, -0.05) is 11.6 Å². The largest absolute Gasteiger partial charge is 0.497 e. The molecule has 4 heteroatoms. The van der Waals surface area contributed by atoms with E-state index in [4.69, 9.17) is 16.3 Å². The molecule has 17 heavy (non-hydrogen) atoms. The summed E-state index contributed by atoms with van der Waals surface area (Å²) < 4.78 is 5.09. The molecule has 0 saturated heterocycles. The molecule has 0 fully saturated rings. The van der Waals surface area contributed by atoms with Crippen LogP contribution in [0, 0.1) is 6.92 Å². The van der Waals surface area contributed by atoms with Crippen LogP contribution in [0.3, 0.4) is 0 Å². The molecule has 3 nitrogen and oxygen atoms in total. The topological polar surface area (TPSA) is 34.1 Å². The number of pyridine rings is 1. The first kappa shape index (κ1) is 11.7. The highest BCUT2D eigenvalue weighted by atomic mass is 35.5. The van der Waals surface area contributed by atoms with E-state index >= 15 is 0 Å². The van der Waals surface area contributed by atoms with Crippen molar-refractivity contribution < 1.29 is 4.74 Å². The van der Waals surface area contributed by atoms with E-state index in [9.17, 15) is 0 Å². The number of halogens is 1. The van der Waals surface area contributed by atoms with Crippen molar-refractivity contribution in [2.75, 3.05) is 12.4 Å². The van der Waals surface area contributed by atoms with Crippen LogP contribution in [-0.4, -0.2) is 12.1 Å². The van der Waals surface area contributed by atoms with Crippen molar-refractivity contribution in [1.82, 2.24) is 4.98 Å². The molecule has 0 saturated carbocycles. The Morgan fingerprint density at radius 2 is 1.88 bits per heavy atom. The van der Waals surface area contributed by atoms with Gasteiger partial charge < -0.3 is 10.1 Å². The predicted octanol–water partition coefficient (Wildman–Crippen LogP) is 3.80. The number of hydrogen-bond donors (Lipinski definition) is 1. The number of benzene rings is 1. The molecular weight excluding hydrogens is 236 g/mol. The molecule has 0 bridgehead atoms. The Hall–Kier alpha value is -1.74. The lowest BCUT2D eigenvalue weighted by Crippen LogP contribution is -1.94. The van der Waals surface area contributed by atoms with Crippen LogP contribution in [-0.2, 0) is 0 Å². The van der Waals surface area contributed by atoms with Crippen molar-refractivity contribution in [2.24, 2.45) is 0 Å². The summed E-state index contributed by atoms with van der Waals surface area (Å²) in [6.07, 6.45) is 0. The smallest absolute Gasteiger partial charge is 0.132 e. The molecular formula is C13H13ClN2O. The molecule has 0 radical (unpaired) electrons. The molecule has 0 atom stereocenters. The summed E-state index contributed by atoms with van der Waals surface area (Å²) in [7, 11) is 1.64. The van der Waals surface area contributed by atoms with E-state index in [2.05, 4.69) is 10.3 Å². The van der Waals surface area contributed by atoms with Gasteiger partial charge in [0.05, 0.1) is 7.11 Å². The fourth-order valence-corrected chi connectivity index (χ4v) is 1.77. The van der Waals surface area contributed by atoms with Crippen LogP contribution >= 0.6 is 11.6 Å². The van der Waals surface area contributed by atoms with Gasteiger partial charge in [-0.2, -0.15) is 0 Å². The van der Waals surface area contributed by atoms with Crippen molar-refractivity contribution in [3.63, 3.8) is 0 Å². The minimum atomic E-state index is 0.487. The Morgan fingerprint density at radius 3 is 2.47 bits per heavy atom. The van der Waals surface area contributed by atoms with Gasteiger partial charge in [-0.15, -0.1) is 0 Å². The number of anilines is 2. The van der Waals surface area contributed by atoms with Gasteiger partial charge in [-0.3, -0.25) is 0 Å². The molecule has 1 N–H and O–H groups in total. The number of methoxy groups -OCH3 is 1. The third kappa shape index (κ3) is 3.11. The summed E-state index contributed by atoms with van der Waals surface area (Å²) in [4.78, 5) is 4.19. The Morgan fingerprint density at radius 1 is 1.18 bits per heavy atom. The molecule has 2 aromatic rings. The molecule has 0 unspecified atom stereocenters. The van der Waals surface area contributed by atoms with Crippen LogP contribution in [0.15, 0.2) is 36.4 Å². The number of hydrogen-bond acceptors (Lipinski definition) is 3. The van der Waals surface area contributed by atoms with Gasteiger partial charge in [0.1, 0.15) is 16.7 Å². The van der Waals surface area contributed by atoms with Crippen LogP contribution < -0.4 is 10.1 Å². The second-order valence-electron chi connectivity index (χ2n) is 3.71. The Bertz CT molecular complexity index is 491. The Balaban J connectivity index is 2.19. The van der Waals surface area contributed by atoms with Gasteiger partial charge in [0.25, 0.3) is 0 Å². The van der Waals surface area contributed by atoms with Gasteiger partial charge in [0.2, 0.25) is 0 Å². The SMILES string of the molecule is COc1ccc(Nc2cc(C)cc(Cl)n2)cc1. The van der Waals surface area contributed by atoms with E-state index < -0.39 is 0 Å². The number of ether oxygens (including phenoxy) is 1. The highest BCUT2D eigenvalue weighted by Crippen LogP contribution is 2.20. The molecule has 1 aromatic carbocycles. The molecule has 88 valence electrons. The molecule has 0 spiro atoms.